The minimum atomic E-state index is -0.703. The SMILES string of the molecule is Cc1ccc(CNC(=O)c2nc([C@H]3CN(C(=O)CN(C)C)CCN3C)n(C)c(=O)c2O)cc1. The number of aromatic hydroxyl groups is 1. The summed E-state index contributed by atoms with van der Waals surface area (Å²) in [7, 11) is 7.05. The third kappa shape index (κ3) is 5.58. The summed E-state index contributed by atoms with van der Waals surface area (Å²) in [4.78, 5) is 48.1. The fraction of sp³-hybridized carbons (Fsp3) is 0.478. The van der Waals surface area contributed by atoms with Gasteiger partial charge in [-0.15, -0.1) is 0 Å². The van der Waals surface area contributed by atoms with Crippen molar-refractivity contribution in [2.24, 2.45) is 7.05 Å². The van der Waals surface area contributed by atoms with Gasteiger partial charge < -0.3 is 20.2 Å². The van der Waals surface area contributed by atoms with Gasteiger partial charge in [0.25, 0.3) is 11.5 Å². The monoisotopic (exact) mass is 456 g/mol. The number of aryl methyl sites for hydroxylation is 1. The van der Waals surface area contributed by atoms with Crippen LogP contribution < -0.4 is 10.9 Å². The average Bonchev–Trinajstić information content (AvgIpc) is 2.77. The molecule has 0 unspecified atom stereocenters. The molecule has 33 heavy (non-hydrogen) atoms. The van der Waals surface area contributed by atoms with E-state index in [4.69, 9.17) is 0 Å². The number of hydrogen-bond acceptors (Lipinski definition) is 7. The van der Waals surface area contributed by atoms with Crippen molar-refractivity contribution < 1.29 is 14.7 Å². The maximum absolute atomic E-state index is 12.8. The van der Waals surface area contributed by atoms with Gasteiger partial charge in [0.1, 0.15) is 5.82 Å². The lowest BCUT2D eigenvalue weighted by Crippen LogP contribution is -2.52. The second-order valence-electron chi connectivity index (χ2n) is 8.77. The van der Waals surface area contributed by atoms with E-state index in [2.05, 4.69) is 10.3 Å². The highest BCUT2D eigenvalue weighted by molar-refractivity contribution is 5.94. The van der Waals surface area contributed by atoms with Gasteiger partial charge >= 0.3 is 0 Å². The zero-order valence-electron chi connectivity index (χ0n) is 19.8. The Morgan fingerprint density at radius 3 is 2.48 bits per heavy atom. The van der Waals surface area contributed by atoms with Gasteiger partial charge in [0.05, 0.1) is 12.6 Å². The molecule has 0 aliphatic carbocycles. The third-order valence-electron chi connectivity index (χ3n) is 5.84. The largest absolute Gasteiger partial charge is 0.501 e. The second kappa shape index (κ2) is 10.1. The van der Waals surface area contributed by atoms with Crippen LogP contribution in [0.4, 0.5) is 0 Å². The molecule has 2 N–H and O–H groups in total. The van der Waals surface area contributed by atoms with Crippen LogP contribution in [0.1, 0.15) is 33.5 Å². The van der Waals surface area contributed by atoms with E-state index in [1.807, 2.05) is 57.2 Å². The van der Waals surface area contributed by atoms with Crippen LogP contribution in [0.3, 0.4) is 0 Å². The molecule has 10 nitrogen and oxygen atoms in total. The number of likely N-dealkylation sites (N-methyl/N-ethyl adjacent to an activating group) is 2. The summed E-state index contributed by atoms with van der Waals surface area (Å²) >= 11 is 0. The second-order valence-corrected chi connectivity index (χ2v) is 8.77. The summed E-state index contributed by atoms with van der Waals surface area (Å²) in [5.74, 6) is -1.02. The predicted octanol–water partition coefficient (Wildman–Crippen LogP) is 0.101. The van der Waals surface area contributed by atoms with Crippen molar-refractivity contribution in [3.05, 3.63) is 57.3 Å². The number of nitrogens with one attached hydrogen (secondary N) is 1. The maximum Gasteiger partial charge on any atom is 0.296 e. The van der Waals surface area contributed by atoms with Gasteiger partial charge in [-0.1, -0.05) is 29.8 Å². The van der Waals surface area contributed by atoms with E-state index in [1.54, 1.807) is 9.80 Å². The van der Waals surface area contributed by atoms with Crippen molar-refractivity contribution in [3.63, 3.8) is 0 Å². The molecule has 0 bridgehead atoms. The first-order valence-corrected chi connectivity index (χ1v) is 10.8. The molecule has 0 spiro atoms. The third-order valence-corrected chi connectivity index (χ3v) is 5.84. The van der Waals surface area contributed by atoms with Crippen LogP contribution in [0.25, 0.3) is 0 Å². The Bertz CT molecular complexity index is 1080. The summed E-state index contributed by atoms with van der Waals surface area (Å²) in [5.41, 5.74) is 0.978. The van der Waals surface area contributed by atoms with Crippen molar-refractivity contribution in [1.82, 2.24) is 29.6 Å². The number of rotatable bonds is 6. The van der Waals surface area contributed by atoms with Crippen LogP contribution in [-0.2, 0) is 18.4 Å². The zero-order chi connectivity index (χ0) is 24.3. The Kier molecular flexibility index (Phi) is 7.50. The molecular weight excluding hydrogens is 424 g/mol. The Hall–Kier alpha value is -3.24. The zero-order valence-corrected chi connectivity index (χ0v) is 19.8. The number of benzene rings is 1. The average molecular weight is 457 g/mol. The van der Waals surface area contributed by atoms with E-state index < -0.39 is 23.3 Å². The van der Waals surface area contributed by atoms with Crippen LogP contribution in [0.15, 0.2) is 29.1 Å². The Morgan fingerprint density at radius 1 is 1.18 bits per heavy atom. The summed E-state index contributed by atoms with van der Waals surface area (Å²) in [5, 5.41) is 13.1. The maximum atomic E-state index is 12.8. The van der Waals surface area contributed by atoms with Crippen molar-refractivity contribution in [1.29, 1.82) is 0 Å². The summed E-state index contributed by atoms with van der Waals surface area (Å²) in [6.45, 7) is 3.98. The lowest BCUT2D eigenvalue weighted by atomic mass is 10.1. The molecule has 1 aromatic carbocycles. The Balaban J connectivity index is 1.86. The van der Waals surface area contributed by atoms with Gasteiger partial charge in [-0.3, -0.25) is 23.9 Å². The van der Waals surface area contributed by atoms with Gasteiger partial charge in [-0.25, -0.2) is 4.98 Å². The fourth-order valence-electron chi connectivity index (χ4n) is 3.78. The lowest BCUT2D eigenvalue weighted by Gasteiger charge is -2.39. The lowest BCUT2D eigenvalue weighted by molar-refractivity contribution is -0.134. The highest BCUT2D eigenvalue weighted by Gasteiger charge is 2.33. The fourth-order valence-corrected chi connectivity index (χ4v) is 3.78. The van der Waals surface area contributed by atoms with Crippen molar-refractivity contribution >= 4 is 11.8 Å². The van der Waals surface area contributed by atoms with Gasteiger partial charge in [-0.05, 0) is 33.6 Å². The number of amides is 2. The van der Waals surface area contributed by atoms with Crippen LogP contribution in [0, 0.1) is 6.92 Å². The molecule has 3 rings (SSSR count). The minimum absolute atomic E-state index is 0.0158. The predicted molar refractivity (Wildman–Crippen MR) is 124 cm³/mol. The Morgan fingerprint density at radius 2 is 1.85 bits per heavy atom. The molecular formula is C23H32N6O4. The molecule has 2 heterocycles. The molecule has 178 valence electrons. The van der Waals surface area contributed by atoms with Crippen molar-refractivity contribution in [3.8, 4) is 5.75 Å². The van der Waals surface area contributed by atoms with Gasteiger partial charge in [-0.2, -0.15) is 0 Å². The highest BCUT2D eigenvalue weighted by atomic mass is 16.3. The summed E-state index contributed by atoms with van der Waals surface area (Å²) < 4.78 is 1.24. The van der Waals surface area contributed by atoms with E-state index in [9.17, 15) is 19.5 Å². The molecule has 2 aromatic rings. The molecule has 0 saturated carbocycles. The highest BCUT2D eigenvalue weighted by Crippen LogP contribution is 2.23. The molecule has 2 amide bonds. The number of hydrogen-bond donors (Lipinski definition) is 2. The molecule has 1 aliphatic heterocycles. The first-order valence-electron chi connectivity index (χ1n) is 10.8. The van der Waals surface area contributed by atoms with E-state index in [0.717, 1.165) is 11.1 Å². The smallest absolute Gasteiger partial charge is 0.296 e. The normalized spacial score (nSPS) is 16.8. The topological polar surface area (TPSA) is 111 Å². The molecule has 1 saturated heterocycles. The van der Waals surface area contributed by atoms with E-state index in [0.29, 0.717) is 25.5 Å². The molecule has 0 radical (unpaired) electrons. The minimum Gasteiger partial charge on any atom is -0.501 e. The van der Waals surface area contributed by atoms with Crippen LogP contribution in [0.2, 0.25) is 0 Å². The quantitative estimate of drug-likeness (QED) is 0.634. The molecule has 1 aliphatic rings. The van der Waals surface area contributed by atoms with E-state index >= 15 is 0 Å². The molecule has 1 atom stereocenters. The molecule has 1 aromatic heterocycles. The number of carbonyl (C=O) groups excluding carboxylic acids is 2. The standard InChI is InChI=1S/C23H32N6O4/c1-15-6-8-16(9-7-15)12-24-22(32)19-20(31)23(33)28(5)21(25-19)17-13-29(11-10-27(17)4)18(30)14-26(2)3/h6-9,17,31H,10-14H2,1-5H3,(H,24,32)/t17-/m1/s1. The molecule has 10 heteroatoms. The van der Waals surface area contributed by atoms with Crippen LogP contribution in [0.5, 0.6) is 5.75 Å². The van der Waals surface area contributed by atoms with Crippen molar-refractivity contribution in [2.75, 3.05) is 47.3 Å². The van der Waals surface area contributed by atoms with Crippen LogP contribution in [-0.4, -0.2) is 88.5 Å². The van der Waals surface area contributed by atoms with E-state index in [-0.39, 0.29) is 24.7 Å². The van der Waals surface area contributed by atoms with Crippen LogP contribution >= 0.6 is 0 Å². The number of nitrogens with zero attached hydrogens (tertiary/aromatic N) is 5. The van der Waals surface area contributed by atoms with Gasteiger partial charge in [0, 0.05) is 33.2 Å². The summed E-state index contributed by atoms with van der Waals surface area (Å²) in [6, 6.07) is 7.28. The van der Waals surface area contributed by atoms with Gasteiger partial charge in [0.2, 0.25) is 11.7 Å². The first-order chi connectivity index (χ1) is 15.6. The number of aromatic nitrogens is 2. The van der Waals surface area contributed by atoms with E-state index in [1.165, 1.54) is 11.6 Å². The Labute approximate surface area is 193 Å². The van der Waals surface area contributed by atoms with Gasteiger partial charge in [0.15, 0.2) is 5.69 Å². The van der Waals surface area contributed by atoms with Crippen molar-refractivity contribution in [2.45, 2.75) is 19.5 Å². The summed E-state index contributed by atoms with van der Waals surface area (Å²) in [6.07, 6.45) is 0. The number of piperazine rings is 1. The number of carbonyl (C=O) groups is 2. The first kappa shape index (κ1) is 24.4. The molecule has 1 fully saturated rings.